The number of nitrogens with one attached hydrogen (secondary N) is 1. The minimum atomic E-state index is -0.786. The van der Waals surface area contributed by atoms with E-state index in [4.69, 9.17) is 4.74 Å². The van der Waals surface area contributed by atoms with Gasteiger partial charge in [0.15, 0.2) is 0 Å². The quantitative estimate of drug-likeness (QED) is 0.0323. The monoisotopic (exact) mass is 830 g/mol. The number of carbonyl (C=O) groups excluding carboxylic acids is 2. The highest BCUT2D eigenvalue weighted by atomic mass is 16.5. The number of aliphatic hydroxyl groups is 2. The highest BCUT2D eigenvalue weighted by molar-refractivity contribution is 5.77. The number of unbranched alkanes of at least 4 members (excludes halogenated alkanes) is 30. The van der Waals surface area contributed by atoms with Gasteiger partial charge in [0.2, 0.25) is 5.91 Å². The lowest BCUT2D eigenvalue weighted by molar-refractivity contribution is -0.151. The van der Waals surface area contributed by atoms with Crippen LogP contribution in [0.15, 0.2) is 36.5 Å². The molecule has 346 valence electrons. The first kappa shape index (κ1) is 57.1. The Morgan fingerprint density at radius 3 is 1.37 bits per heavy atom. The fraction of sp³-hybridized carbons (Fsp3) is 0.849. The summed E-state index contributed by atoms with van der Waals surface area (Å²) in [4.78, 5) is 26.1. The second-order valence-corrected chi connectivity index (χ2v) is 17.6. The zero-order chi connectivity index (χ0) is 43.1. The molecule has 6 heteroatoms. The van der Waals surface area contributed by atoms with E-state index in [2.05, 4.69) is 62.5 Å². The molecule has 0 aromatic carbocycles. The molecular weight excluding hydrogens is 731 g/mol. The van der Waals surface area contributed by atoms with Gasteiger partial charge in [-0.3, -0.25) is 9.59 Å². The van der Waals surface area contributed by atoms with Crippen molar-refractivity contribution in [2.45, 2.75) is 283 Å². The Balaban J connectivity index is 4.43. The van der Waals surface area contributed by atoms with Crippen LogP contribution in [0.4, 0.5) is 0 Å². The normalized spacial score (nSPS) is 13.5. The van der Waals surface area contributed by atoms with Gasteiger partial charge >= 0.3 is 5.97 Å². The molecule has 6 nitrogen and oxygen atoms in total. The average Bonchev–Trinajstić information content (AvgIpc) is 3.23. The average molecular weight is 830 g/mol. The van der Waals surface area contributed by atoms with Crippen LogP contribution in [-0.4, -0.2) is 46.9 Å². The topological polar surface area (TPSA) is 95.9 Å². The number of allylic oxidation sites excluding steroid dienone is 6. The van der Waals surface area contributed by atoms with Crippen molar-refractivity contribution in [1.29, 1.82) is 0 Å². The summed E-state index contributed by atoms with van der Waals surface area (Å²) in [5.41, 5.74) is 0. The molecule has 0 spiro atoms. The van der Waals surface area contributed by atoms with Crippen LogP contribution in [0.1, 0.15) is 265 Å². The third-order valence-corrected chi connectivity index (χ3v) is 11.8. The predicted molar refractivity (Wildman–Crippen MR) is 255 cm³/mol. The van der Waals surface area contributed by atoms with Gasteiger partial charge in [-0.2, -0.15) is 0 Å². The van der Waals surface area contributed by atoms with Gasteiger partial charge in [-0.1, -0.05) is 243 Å². The summed E-state index contributed by atoms with van der Waals surface area (Å²) in [5, 5.41) is 23.8. The van der Waals surface area contributed by atoms with Crippen molar-refractivity contribution in [3.63, 3.8) is 0 Å². The first-order chi connectivity index (χ1) is 29.0. The van der Waals surface area contributed by atoms with Crippen LogP contribution < -0.4 is 5.32 Å². The first-order valence-electron chi connectivity index (χ1n) is 25.7. The van der Waals surface area contributed by atoms with Gasteiger partial charge in [0.05, 0.1) is 25.2 Å². The molecule has 0 rings (SSSR count). The molecular formula is C53H99NO5. The number of esters is 1. The van der Waals surface area contributed by atoms with Crippen LogP contribution in [0, 0.1) is 0 Å². The maximum Gasteiger partial charge on any atom is 0.306 e. The number of aliphatic hydroxyl groups excluding tert-OH is 2. The van der Waals surface area contributed by atoms with Crippen LogP contribution in [-0.2, 0) is 14.3 Å². The standard InChI is InChI=1S/C53H99NO5/c1-4-7-10-13-16-19-21-23-25-27-28-30-33-36-39-42-45-51(56)50(48-55)54-52(57)47-49(44-41-38-35-32-18-15-12-9-6-3)59-53(58)46-43-40-37-34-31-29-26-24-22-20-17-14-11-8-5-2/h8,11,14,17,20,22,49-51,55-56H,4-7,9-10,12-13,15-16,18-19,21,23-48H2,1-3H3,(H,54,57)/b11-8+,17-14+,22-20+. The number of carbonyl (C=O) groups is 2. The molecule has 0 aromatic rings. The number of hydrogen-bond acceptors (Lipinski definition) is 5. The molecule has 0 saturated carbocycles. The van der Waals surface area contributed by atoms with Crippen molar-refractivity contribution < 1.29 is 24.5 Å². The Hall–Kier alpha value is -1.92. The van der Waals surface area contributed by atoms with Crippen molar-refractivity contribution in [1.82, 2.24) is 5.32 Å². The minimum Gasteiger partial charge on any atom is -0.462 e. The fourth-order valence-corrected chi connectivity index (χ4v) is 7.90. The lowest BCUT2D eigenvalue weighted by Gasteiger charge is -2.24. The highest BCUT2D eigenvalue weighted by Gasteiger charge is 2.24. The number of amides is 1. The van der Waals surface area contributed by atoms with Gasteiger partial charge in [0, 0.05) is 6.42 Å². The summed E-state index contributed by atoms with van der Waals surface area (Å²) < 4.78 is 5.91. The summed E-state index contributed by atoms with van der Waals surface area (Å²) in [6.07, 6.45) is 54.9. The molecule has 1 amide bonds. The molecule has 0 aliphatic carbocycles. The molecule has 0 fully saturated rings. The largest absolute Gasteiger partial charge is 0.462 e. The van der Waals surface area contributed by atoms with E-state index in [-0.39, 0.29) is 24.9 Å². The van der Waals surface area contributed by atoms with Gasteiger partial charge in [-0.05, 0) is 44.9 Å². The number of ether oxygens (including phenoxy) is 1. The Morgan fingerprint density at radius 1 is 0.508 bits per heavy atom. The van der Waals surface area contributed by atoms with Crippen molar-refractivity contribution >= 4 is 11.9 Å². The van der Waals surface area contributed by atoms with Gasteiger partial charge < -0.3 is 20.3 Å². The highest BCUT2D eigenvalue weighted by Crippen LogP contribution is 2.18. The van der Waals surface area contributed by atoms with E-state index < -0.39 is 18.2 Å². The Morgan fingerprint density at radius 2 is 0.915 bits per heavy atom. The van der Waals surface area contributed by atoms with Crippen molar-refractivity contribution in [3.8, 4) is 0 Å². The predicted octanol–water partition coefficient (Wildman–Crippen LogP) is 15.3. The Bertz CT molecular complexity index is 977. The minimum absolute atomic E-state index is 0.0758. The molecule has 0 heterocycles. The number of hydrogen-bond donors (Lipinski definition) is 3. The van der Waals surface area contributed by atoms with Crippen molar-refractivity contribution in [3.05, 3.63) is 36.5 Å². The van der Waals surface area contributed by atoms with Crippen LogP contribution in [0.25, 0.3) is 0 Å². The number of rotatable bonds is 46. The van der Waals surface area contributed by atoms with Gasteiger partial charge in [0.1, 0.15) is 6.10 Å². The van der Waals surface area contributed by atoms with Crippen molar-refractivity contribution in [2.24, 2.45) is 0 Å². The smallest absolute Gasteiger partial charge is 0.306 e. The molecule has 59 heavy (non-hydrogen) atoms. The molecule has 0 aliphatic heterocycles. The van der Waals surface area contributed by atoms with Gasteiger partial charge in [0.25, 0.3) is 0 Å². The lowest BCUT2D eigenvalue weighted by Crippen LogP contribution is -2.46. The zero-order valence-corrected chi connectivity index (χ0v) is 39.4. The van der Waals surface area contributed by atoms with Crippen molar-refractivity contribution in [2.75, 3.05) is 6.61 Å². The maximum absolute atomic E-state index is 13.2. The Kier molecular flexibility index (Phi) is 45.6. The lowest BCUT2D eigenvalue weighted by atomic mass is 10.0. The third kappa shape index (κ3) is 42.6. The van der Waals surface area contributed by atoms with Gasteiger partial charge in [-0.25, -0.2) is 0 Å². The summed E-state index contributed by atoms with van der Waals surface area (Å²) >= 11 is 0. The molecule has 3 unspecified atom stereocenters. The maximum atomic E-state index is 13.2. The van der Waals surface area contributed by atoms with Crippen LogP contribution >= 0.6 is 0 Å². The van der Waals surface area contributed by atoms with E-state index >= 15 is 0 Å². The zero-order valence-electron chi connectivity index (χ0n) is 39.4. The van der Waals surface area contributed by atoms with E-state index in [0.29, 0.717) is 19.3 Å². The molecule has 0 saturated heterocycles. The van der Waals surface area contributed by atoms with Crippen LogP contribution in [0.5, 0.6) is 0 Å². The van der Waals surface area contributed by atoms with E-state index in [1.807, 2.05) is 0 Å². The second-order valence-electron chi connectivity index (χ2n) is 17.6. The molecule has 3 atom stereocenters. The molecule has 0 bridgehead atoms. The van der Waals surface area contributed by atoms with E-state index in [1.165, 1.54) is 161 Å². The van der Waals surface area contributed by atoms with E-state index in [0.717, 1.165) is 57.8 Å². The molecule has 0 radical (unpaired) electrons. The summed E-state index contributed by atoms with van der Waals surface area (Å²) in [6.45, 7) is 6.35. The summed E-state index contributed by atoms with van der Waals surface area (Å²) in [7, 11) is 0. The van der Waals surface area contributed by atoms with E-state index in [1.54, 1.807) is 0 Å². The fourth-order valence-electron chi connectivity index (χ4n) is 7.90. The van der Waals surface area contributed by atoms with Crippen LogP contribution in [0.2, 0.25) is 0 Å². The SMILES string of the molecule is CC/C=C/C=C/C=C/CCCCCCCCCC(=O)OC(CCCCCCCCCCC)CC(=O)NC(CO)C(O)CCCCCCCCCCCCCCCCCC. The molecule has 0 aromatic heterocycles. The summed E-state index contributed by atoms with van der Waals surface area (Å²) in [6, 6.07) is -0.700. The summed E-state index contributed by atoms with van der Waals surface area (Å²) in [5.74, 6) is -0.480. The molecule has 3 N–H and O–H groups in total. The second kappa shape index (κ2) is 47.1. The van der Waals surface area contributed by atoms with Gasteiger partial charge in [-0.15, -0.1) is 0 Å². The third-order valence-electron chi connectivity index (χ3n) is 11.8. The van der Waals surface area contributed by atoms with Crippen LogP contribution in [0.3, 0.4) is 0 Å². The molecule has 0 aliphatic rings. The van der Waals surface area contributed by atoms with E-state index in [9.17, 15) is 19.8 Å². The first-order valence-corrected chi connectivity index (χ1v) is 25.7. The Labute approximate surface area is 366 Å².